The summed E-state index contributed by atoms with van der Waals surface area (Å²) in [6.45, 7) is 7.83. The van der Waals surface area contributed by atoms with Crippen molar-refractivity contribution in [1.29, 1.82) is 0 Å². The van der Waals surface area contributed by atoms with Crippen molar-refractivity contribution in [2.75, 3.05) is 6.54 Å². The molecule has 0 heterocycles. The minimum absolute atomic E-state index is 0. The Kier molecular flexibility index (Phi) is 9.89. The first-order valence-corrected chi connectivity index (χ1v) is 4.46. The second-order valence-corrected chi connectivity index (χ2v) is 4.80. The Morgan fingerprint density at radius 2 is 1.60 bits per heavy atom. The molecule has 0 bridgehead atoms. The van der Waals surface area contributed by atoms with Crippen LogP contribution < -0.4 is 16.8 Å². The second-order valence-electron chi connectivity index (χ2n) is 4.80. The SMILES string of the molecule is CC(C)(N)CC(=O)NC(C)(C)CN.Cl.Cl. The van der Waals surface area contributed by atoms with Crippen molar-refractivity contribution < 1.29 is 4.79 Å². The normalized spacial score (nSPS) is 11.1. The molecule has 5 N–H and O–H groups in total. The third-order valence-electron chi connectivity index (χ3n) is 1.60. The number of halogens is 2. The van der Waals surface area contributed by atoms with Gasteiger partial charge in [-0.1, -0.05) is 0 Å². The lowest BCUT2D eigenvalue weighted by molar-refractivity contribution is -0.123. The monoisotopic (exact) mass is 259 g/mol. The van der Waals surface area contributed by atoms with Crippen molar-refractivity contribution in [3.8, 4) is 0 Å². The van der Waals surface area contributed by atoms with Crippen LogP contribution in [-0.4, -0.2) is 23.5 Å². The topological polar surface area (TPSA) is 81.1 Å². The van der Waals surface area contributed by atoms with Gasteiger partial charge < -0.3 is 16.8 Å². The molecule has 0 aromatic carbocycles. The van der Waals surface area contributed by atoms with Crippen LogP contribution in [0.5, 0.6) is 0 Å². The van der Waals surface area contributed by atoms with Crippen LogP contribution in [0.1, 0.15) is 34.1 Å². The molecule has 0 aliphatic rings. The van der Waals surface area contributed by atoms with Crippen LogP contribution in [0.3, 0.4) is 0 Å². The molecule has 0 aliphatic carbocycles. The van der Waals surface area contributed by atoms with Crippen LogP contribution in [0.4, 0.5) is 0 Å². The first kappa shape index (κ1) is 20.4. The molecule has 94 valence electrons. The molecule has 0 aliphatic heterocycles. The minimum atomic E-state index is -0.464. The molecule has 1 amide bonds. The van der Waals surface area contributed by atoms with E-state index in [4.69, 9.17) is 11.5 Å². The number of amides is 1. The average Bonchev–Trinajstić information content (AvgIpc) is 1.81. The van der Waals surface area contributed by atoms with Gasteiger partial charge in [-0.05, 0) is 27.7 Å². The summed E-state index contributed by atoms with van der Waals surface area (Å²) >= 11 is 0. The first-order valence-electron chi connectivity index (χ1n) is 4.46. The first-order chi connectivity index (χ1) is 5.66. The quantitative estimate of drug-likeness (QED) is 0.699. The van der Waals surface area contributed by atoms with E-state index in [2.05, 4.69) is 5.32 Å². The highest BCUT2D eigenvalue weighted by atomic mass is 35.5. The van der Waals surface area contributed by atoms with Gasteiger partial charge in [0.25, 0.3) is 0 Å². The average molecular weight is 260 g/mol. The van der Waals surface area contributed by atoms with E-state index in [0.717, 1.165) is 0 Å². The third kappa shape index (κ3) is 11.9. The maximum absolute atomic E-state index is 11.4. The van der Waals surface area contributed by atoms with Gasteiger partial charge in [-0.2, -0.15) is 0 Å². The summed E-state index contributed by atoms with van der Waals surface area (Å²) in [6.07, 6.45) is 0.316. The Balaban J connectivity index is -0.000000720. The summed E-state index contributed by atoms with van der Waals surface area (Å²) in [5.41, 5.74) is 10.4. The fourth-order valence-electron chi connectivity index (χ4n) is 0.886. The van der Waals surface area contributed by atoms with Crippen LogP contribution >= 0.6 is 24.8 Å². The van der Waals surface area contributed by atoms with Gasteiger partial charge in [0.2, 0.25) is 5.91 Å². The lowest BCUT2D eigenvalue weighted by Gasteiger charge is -2.26. The molecule has 0 aromatic rings. The number of carbonyl (C=O) groups excluding carboxylic acids is 1. The van der Waals surface area contributed by atoms with Gasteiger partial charge in [0, 0.05) is 24.0 Å². The molecule has 0 fully saturated rings. The fourth-order valence-corrected chi connectivity index (χ4v) is 0.886. The van der Waals surface area contributed by atoms with Gasteiger partial charge in [-0.15, -0.1) is 24.8 Å². The van der Waals surface area contributed by atoms with Crippen molar-refractivity contribution in [2.24, 2.45) is 11.5 Å². The van der Waals surface area contributed by atoms with E-state index in [9.17, 15) is 4.79 Å². The smallest absolute Gasteiger partial charge is 0.222 e. The van der Waals surface area contributed by atoms with Gasteiger partial charge in [0.15, 0.2) is 0 Å². The number of rotatable bonds is 4. The molecule has 0 radical (unpaired) electrons. The second kappa shape index (κ2) is 7.28. The molecule has 15 heavy (non-hydrogen) atoms. The molecule has 0 saturated carbocycles. The molecular formula is C9H23Cl2N3O. The molecule has 0 unspecified atom stereocenters. The zero-order valence-corrected chi connectivity index (χ0v) is 11.4. The Bertz CT molecular complexity index is 190. The van der Waals surface area contributed by atoms with E-state index in [1.54, 1.807) is 0 Å². The standard InChI is InChI=1S/C9H21N3O.2ClH/c1-8(2,11)5-7(13)12-9(3,4)6-10;;/h5-6,10-11H2,1-4H3,(H,12,13);2*1H. The maximum Gasteiger partial charge on any atom is 0.222 e. The Labute approximate surface area is 104 Å². The molecule has 0 aromatic heterocycles. The predicted octanol–water partition coefficient (Wildman–Crippen LogP) is 0.811. The number of carbonyl (C=O) groups is 1. The molecule has 0 rings (SSSR count). The highest BCUT2D eigenvalue weighted by Crippen LogP contribution is 2.05. The van der Waals surface area contributed by atoms with E-state index in [0.29, 0.717) is 13.0 Å². The summed E-state index contributed by atoms with van der Waals surface area (Å²) in [5.74, 6) is -0.0528. The lowest BCUT2D eigenvalue weighted by Crippen LogP contribution is -2.51. The van der Waals surface area contributed by atoms with Crippen LogP contribution in [0, 0.1) is 0 Å². The maximum atomic E-state index is 11.4. The molecule has 4 nitrogen and oxygen atoms in total. The van der Waals surface area contributed by atoms with Crippen molar-refractivity contribution >= 4 is 30.7 Å². The third-order valence-corrected chi connectivity index (χ3v) is 1.60. The van der Waals surface area contributed by atoms with E-state index < -0.39 is 5.54 Å². The molecule has 0 saturated heterocycles. The van der Waals surface area contributed by atoms with Crippen molar-refractivity contribution in [3.05, 3.63) is 0 Å². The minimum Gasteiger partial charge on any atom is -0.350 e. The van der Waals surface area contributed by atoms with E-state index in [1.165, 1.54) is 0 Å². The van der Waals surface area contributed by atoms with E-state index in [-0.39, 0.29) is 36.3 Å². The number of nitrogens with one attached hydrogen (secondary N) is 1. The Hall–Kier alpha value is -0.0300. The Morgan fingerprint density at radius 1 is 1.20 bits per heavy atom. The van der Waals surface area contributed by atoms with Gasteiger partial charge in [-0.3, -0.25) is 4.79 Å². The van der Waals surface area contributed by atoms with Crippen LogP contribution in [0.25, 0.3) is 0 Å². The summed E-state index contributed by atoms with van der Waals surface area (Å²) in [7, 11) is 0. The van der Waals surface area contributed by atoms with Gasteiger partial charge in [0.1, 0.15) is 0 Å². The van der Waals surface area contributed by atoms with Gasteiger partial charge in [-0.25, -0.2) is 0 Å². The largest absolute Gasteiger partial charge is 0.350 e. The van der Waals surface area contributed by atoms with Crippen LogP contribution in [0.15, 0.2) is 0 Å². The number of hydrogen-bond acceptors (Lipinski definition) is 3. The summed E-state index contributed by atoms with van der Waals surface area (Å²) in [5, 5.41) is 2.82. The van der Waals surface area contributed by atoms with Crippen LogP contribution in [0.2, 0.25) is 0 Å². The fraction of sp³-hybridized carbons (Fsp3) is 0.889. The van der Waals surface area contributed by atoms with Gasteiger partial charge in [0.05, 0.1) is 0 Å². The Morgan fingerprint density at radius 3 is 1.87 bits per heavy atom. The highest BCUT2D eigenvalue weighted by Gasteiger charge is 2.22. The molecule has 0 atom stereocenters. The van der Waals surface area contributed by atoms with E-state index in [1.807, 2.05) is 27.7 Å². The van der Waals surface area contributed by atoms with Crippen molar-refractivity contribution in [2.45, 2.75) is 45.2 Å². The molecular weight excluding hydrogens is 237 g/mol. The zero-order valence-electron chi connectivity index (χ0n) is 9.79. The summed E-state index contributed by atoms with van der Waals surface area (Å²) in [4.78, 5) is 11.4. The van der Waals surface area contributed by atoms with Crippen molar-refractivity contribution in [1.82, 2.24) is 5.32 Å². The predicted molar refractivity (Wildman–Crippen MR) is 68.7 cm³/mol. The van der Waals surface area contributed by atoms with Crippen molar-refractivity contribution in [3.63, 3.8) is 0 Å². The zero-order chi connectivity index (χ0) is 10.7. The molecule has 0 spiro atoms. The summed E-state index contributed by atoms with van der Waals surface area (Å²) < 4.78 is 0. The van der Waals surface area contributed by atoms with E-state index >= 15 is 0 Å². The molecule has 6 heteroatoms. The lowest BCUT2D eigenvalue weighted by atomic mass is 10.00. The summed E-state index contributed by atoms with van der Waals surface area (Å²) in [6, 6.07) is 0. The highest BCUT2D eigenvalue weighted by molar-refractivity contribution is 5.85. The van der Waals surface area contributed by atoms with Gasteiger partial charge >= 0.3 is 0 Å². The number of nitrogens with two attached hydrogens (primary N) is 2. The number of hydrogen-bond donors (Lipinski definition) is 3. The van der Waals surface area contributed by atoms with Crippen LogP contribution in [-0.2, 0) is 4.79 Å².